The summed E-state index contributed by atoms with van der Waals surface area (Å²) in [7, 11) is 2.00. The second-order valence-electron chi connectivity index (χ2n) is 5.36. The third kappa shape index (κ3) is 5.20. The van der Waals surface area contributed by atoms with Gasteiger partial charge in [-0.15, -0.1) is 24.2 Å². The Balaban J connectivity index is 0.00000220. The lowest BCUT2D eigenvalue weighted by Gasteiger charge is -2.32. The molecule has 1 N–H and O–H groups in total. The van der Waals surface area contributed by atoms with Crippen LogP contribution in [0.5, 0.6) is 0 Å². The summed E-state index contributed by atoms with van der Waals surface area (Å²) in [5, 5.41) is 3.20. The van der Waals surface area contributed by atoms with E-state index in [9.17, 15) is 4.79 Å². The van der Waals surface area contributed by atoms with E-state index in [0.717, 1.165) is 44.0 Å². The molecule has 1 aliphatic rings. The minimum atomic E-state index is 0. The molecular formula is C16H25ClN2OS. The lowest BCUT2D eigenvalue weighted by atomic mass is 9.93. The van der Waals surface area contributed by atoms with Crippen LogP contribution in [0, 0.1) is 5.92 Å². The molecule has 0 unspecified atom stereocenters. The van der Waals surface area contributed by atoms with Gasteiger partial charge < -0.3 is 10.2 Å². The molecule has 2 rings (SSSR count). The van der Waals surface area contributed by atoms with Gasteiger partial charge in [0.15, 0.2) is 0 Å². The lowest BCUT2D eigenvalue weighted by Crippen LogP contribution is -2.38. The zero-order valence-electron chi connectivity index (χ0n) is 12.8. The van der Waals surface area contributed by atoms with Crippen LogP contribution in [0.4, 0.5) is 0 Å². The van der Waals surface area contributed by atoms with Crippen molar-refractivity contribution in [3.63, 3.8) is 0 Å². The first-order valence-corrected chi connectivity index (χ1v) is 8.55. The molecule has 1 aromatic rings. The molecular weight excluding hydrogens is 304 g/mol. The predicted molar refractivity (Wildman–Crippen MR) is 92.6 cm³/mol. The number of piperidine rings is 1. The van der Waals surface area contributed by atoms with Gasteiger partial charge in [-0.25, -0.2) is 0 Å². The SMILES string of the molecule is CNCCC1CCN(C(=O)c2ccc(SC)cc2)CC1.Cl. The first-order valence-electron chi connectivity index (χ1n) is 7.32. The molecule has 0 atom stereocenters. The van der Waals surface area contributed by atoms with E-state index >= 15 is 0 Å². The maximum atomic E-state index is 12.4. The quantitative estimate of drug-likeness (QED) is 0.842. The first kappa shape index (κ1) is 18.3. The van der Waals surface area contributed by atoms with Gasteiger partial charge in [-0.3, -0.25) is 4.79 Å². The first-order chi connectivity index (χ1) is 9.74. The van der Waals surface area contributed by atoms with Crippen LogP contribution in [-0.4, -0.2) is 43.7 Å². The zero-order valence-corrected chi connectivity index (χ0v) is 14.4. The monoisotopic (exact) mass is 328 g/mol. The molecule has 1 amide bonds. The van der Waals surface area contributed by atoms with Crippen molar-refractivity contribution in [2.75, 3.05) is 32.9 Å². The normalized spacial score (nSPS) is 15.6. The average molecular weight is 329 g/mol. The lowest BCUT2D eigenvalue weighted by molar-refractivity contribution is 0.0687. The smallest absolute Gasteiger partial charge is 0.253 e. The number of rotatable bonds is 5. The van der Waals surface area contributed by atoms with Gasteiger partial charge in [-0.05, 0) is 69.3 Å². The molecule has 1 aromatic carbocycles. The standard InChI is InChI=1S/C16H24N2OS.ClH/c1-17-10-7-13-8-11-18(12-9-13)16(19)14-3-5-15(20-2)6-4-14;/h3-6,13,17H,7-12H2,1-2H3;1H. The number of likely N-dealkylation sites (tertiary alicyclic amines) is 1. The number of carbonyl (C=O) groups is 1. The Labute approximate surface area is 138 Å². The molecule has 0 aliphatic carbocycles. The van der Waals surface area contributed by atoms with Crippen LogP contribution in [0.15, 0.2) is 29.2 Å². The van der Waals surface area contributed by atoms with E-state index in [4.69, 9.17) is 0 Å². The van der Waals surface area contributed by atoms with Crippen LogP contribution in [0.2, 0.25) is 0 Å². The number of nitrogens with zero attached hydrogens (tertiary/aromatic N) is 1. The summed E-state index contributed by atoms with van der Waals surface area (Å²) >= 11 is 1.70. The average Bonchev–Trinajstić information content (AvgIpc) is 2.53. The molecule has 0 radical (unpaired) electrons. The maximum absolute atomic E-state index is 12.4. The van der Waals surface area contributed by atoms with Crippen molar-refractivity contribution in [2.24, 2.45) is 5.92 Å². The van der Waals surface area contributed by atoms with Crippen molar-refractivity contribution in [3.05, 3.63) is 29.8 Å². The van der Waals surface area contributed by atoms with Crippen LogP contribution >= 0.6 is 24.2 Å². The number of halogens is 1. The van der Waals surface area contributed by atoms with Crippen LogP contribution in [0.3, 0.4) is 0 Å². The Morgan fingerprint density at radius 3 is 2.43 bits per heavy atom. The highest BCUT2D eigenvalue weighted by molar-refractivity contribution is 7.98. The number of amides is 1. The van der Waals surface area contributed by atoms with E-state index in [1.165, 1.54) is 11.3 Å². The van der Waals surface area contributed by atoms with Gasteiger partial charge in [-0.1, -0.05) is 0 Å². The molecule has 1 fully saturated rings. The molecule has 1 heterocycles. The predicted octanol–water partition coefficient (Wildman–Crippen LogP) is 3.29. The Morgan fingerprint density at radius 1 is 1.29 bits per heavy atom. The van der Waals surface area contributed by atoms with E-state index in [0.29, 0.717) is 0 Å². The summed E-state index contributed by atoms with van der Waals surface area (Å²) in [6.45, 7) is 2.88. The van der Waals surface area contributed by atoms with Crippen molar-refractivity contribution < 1.29 is 4.79 Å². The van der Waals surface area contributed by atoms with Crippen LogP contribution in [-0.2, 0) is 0 Å². The third-order valence-corrected chi connectivity index (χ3v) is 4.78. The summed E-state index contributed by atoms with van der Waals surface area (Å²) in [6, 6.07) is 7.94. The number of hydrogen-bond donors (Lipinski definition) is 1. The highest BCUT2D eigenvalue weighted by atomic mass is 35.5. The zero-order chi connectivity index (χ0) is 14.4. The molecule has 0 spiro atoms. The minimum absolute atomic E-state index is 0. The molecule has 5 heteroatoms. The fraction of sp³-hybridized carbons (Fsp3) is 0.562. The molecule has 0 aromatic heterocycles. The van der Waals surface area contributed by atoms with Gasteiger partial charge in [-0.2, -0.15) is 0 Å². The second kappa shape index (κ2) is 9.34. The number of nitrogens with one attached hydrogen (secondary N) is 1. The van der Waals surface area contributed by atoms with E-state index in [-0.39, 0.29) is 18.3 Å². The summed E-state index contributed by atoms with van der Waals surface area (Å²) in [5.41, 5.74) is 0.816. The molecule has 21 heavy (non-hydrogen) atoms. The number of hydrogen-bond acceptors (Lipinski definition) is 3. The number of benzene rings is 1. The van der Waals surface area contributed by atoms with Crippen LogP contribution < -0.4 is 5.32 Å². The van der Waals surface area contributed by atoms with Crippen LogP contribution in [0.1, 0.15) is 29.6 Å². The molecule has 3 nitrogen and oxygen atoms in total. The number of carbonyl (C=O) groups excluding carboxylic acids is 1. The van der Waals surface area contributed by atoms with Crippen LogP contribution in [0.25, 0.3) is 0 Å². The molecule has 1 saturated heterocycles. The van der Waals surface area contributed by atoms with Crippen molar-refractivity contribution in [1.82, 2.24) is 10.2 Å². The van der Waals surface area contributed by atoms with Gasteiger partial charge in [0, 0.05) is 23.5 Å². The molecule has 0 saturated carbocycles. The summed E-state index contributed by atoms with van der Waals surface area (Å²) < 4.78 is 0. The minimum Gasteiger partial charge on any atom is -0.339 e. The van der Waals surface area contributed by atoms with Gasteiger partial charge in [0.2, 0.25) is 0 Å². The second-order valence-corrected chi connectivity index (χ2v) is 6.24. The van der Waals surface area contributed by atoms with E-state index in [1.54, 1.807) is 11.8 Å². The third-order valence-electron chi connectivity index (χ3n) is 4.04. The van der Waals surface area contributed by atoms with Gasteiger partial charge in [0.1, 0.15) is 0 Å². The Morgan fingerprint density at radius 2 is 1.90 bits per heavy atom. The topological polar surface area (TPSA) is 32.3 Å². The molecule has 118 valence electrons. The summed E-state index contributed by atoms with van der Waals surface area (Å²) in [6.07, 6.45) is 5.54. The van der Waals surface area contributed by atoms with E-state index < -0.39 is 0 Å². The van der Waals surface area contributed by atoms with Crippen molar-refractivity contribution >= 4 is 30.1 Å². The highest BCUT2D eigenvalue weighted by Crippen LogP contribution is 2.22. The summed E-state index contributed by atoms with van der Waals surface area (Å²) in [5.74, 6) is 0.954. The Bertz CT molecular complexity index is 430. The van der Waals surface area contributed by atoms with Crippen molar-refractivity contribution in [2.45, 2.75) is 24.2 Å². The van der Waals surface area contributed by atoms with E-state index in [1.807, 2.05) is 42.5 Å². The summed E-state index contributed by atoms with van der Waals surface area (Å²) in [4.78, 5) is 15.6. The van der Waals surface area contributed by atoms with Gasteiger partial charge in [0.25, 0.3) is 5.91 Å². The fourth-order valence-electron chi connectivity index (χ4n) is 2.69. The van der Waals surface area contributed by atoms with Crippen molar-refractivity contribution in [1.29, 1.82) is 0 Å². The number of thioether (sulfide) groups is 1. The fourth-order valence-corrected chi connectivity index (χ4v) is 3.10. The Kier molecular flexibility index (Phi) is 8.15. The van der Waals surface area contributed by atoms with E-state index in [2.05, 4.69) is 5.32 Å². The van der Waals surface area contributed by atoms with Crippen molar-refractivity contribution in [3.8, 4) is 0 Å². The molecule has 0 bridgehead atoms. The maximum Gasteiger partial charge on any atom is 0.253 e. The highest BCUT2D eigenvalue weighted by Gasteiger charge is 2.23. The van der Waals surface area contributed by atoms with Gasteiger partial charge in [0.05, 0.1) is 0 Å². The molecule has 1 aliphatic heterocycles. The Hall–Kier alpha value is -0.710. The van der Waals surface area contributed by atoms with Gasteiger partial charge >= 0.3 is 0 Å². The largest absolute Gasteiger partial charge is 0.339 e.